The van der Waals surface area contributed by atoms with Gasteiger partial charge in [0.1, 0.15) is 11.6 Å². The number of nitrogens with two attached hydrogens (primary N) is 1. The van der Waals surface area contributed by atoms with Gasteiger partial charge in [0.25, 0.3) is 0 Å². The van der Waals surface area contributed by atoms with Crippen LogP contribution in [0.4, 0.5) is 28.3 Å². The maximum Gasteiger partial charge on any atom is 0.429 e. The van der Waals surface area contributed by atoms with E-state index >= 15 is 0 Å². The lowest BCUT2D eigenvalue weighted by atomic mass is 10.0. The van der Waals surface area contributed by atoms with Crippen LogP contribution in [0.15, 0.2) is 72.9 Å². The van der Waals surface area contributed by atoms with Gasteiger partial charge >= 0.3 is 18.2 Å². The largest absolute Gasteiger partial charge is 0.480 e. The minimum absolute atomic E-state index is 0.0721. The zero-order valence-electron chi connectivity index (χ0n) is 24.3. The van der Waals surface area contributed by atoms with E-state index in [0.29, 0.717) is 22.3 Å². The molecule has 4 N–H and O–H groups in total. The average Bonchev–Trinajstić information content (AvgIpc) is 2.94. The summed E-state index contributed by atoms with van der Waals surface area (Å²) in [5.74, 6) is -2.76. The predicted octanol–water partition coefficient (Wildman–Crippen LogP) is 6.13. The van der Waals surface area contributed by atoms with Crippen LogP contribution in [0.25, 0.3) is 22.4 Å². The Kier molecular flexibility index (Phi) is 9.54. The second-order valence-corrected chi connectivity index (χ2v) is 10.9. The van der Waals surface area contributed by atoms with Crippen molar-refractivity contribution >= 4 is 18.0 Å². The molecule has 2 aromatic carbocycles. The van der Waals surface area contributed by atoms with Gasteiger partial charge < -0.3 is 25.6 Å². The van der Waals surface area contributed by atoms with Gasteiger partial charge in [-0.05, 0) is 43.5 Å². The number of carbonyl (C=O) groups excluding carboxylic acids is 1. The molecule has 2 aromatic heterocycles. The van der Waals surface area contributed by atoms with Gasteiger partial charge in [-0.25, -0.2) is 19.6 Å². The maximum absolute atomic E-state index is 14.1. The molecule has 0 saturated heterocycles. The molecule has 0 fully saturated rings. The number of halogens is 4. The van der Waals surface area contributed by atoms with E-state index in [0.717, 1.165) is 6.07 Å². The molecule has 4 aromatic rings. The number of nitrogen functional groups attached to an aromatic ring is 1. The van der Waals surface area contributed by atoms with Crippen molar-refractivity contribution in [1.29, 1.82) is 0 Å². The first-order valence-electron chi connectivity index (χ1n) is 13.5. The van der Waals surface area contributed by atoms with Crippen molar-refractivity contribution in [3.05, 3.63) is 90.0 Å². The van der Waals surface area contributed by atoms with Crippen molar-refractivity contribution in [3.8, 4) is 28.3 Å². The van der Waals surface area contributed by atoms with Crippen LogP contribution in [0.1, 0.15) is 38.0 Å². The van der Waals surface area contributed by atoms with Crippen molar-refractivity contribution in [3.63, 3.8) is 0 Å². The van der Waals surface area contributed by atoms with Gasteiger partial charge in [-0.2, -0.15) is 22.5 Å². The minimum atomic E-state index is -4.83. The summed E-state index contributed by atoms with van der Waals surface area (Å²) in [6, 6.07) is 14.2. The number of amides is 1. The highest BCUT2D eigenvalue weighted by Crippen LogP contribution is 2.38. The standard InChI is InChI=1S/C31H29F4N5O5/c1-30(2,3)45-29(43)39-23(27(41)42)14-17-4-6-19(7-5-17)22-16-25(40-28(36)38-22)44-26(31(33,34)35)20-10-8-18(9-11-20)21-12-13-37-24(32)15-21/h4-13,15-16,23,26H,14H2,1-3H3,(H,39,43)(H,41,42)(H2,36,38,40)/t23-,26-/m0/s1. The molecule has 0 aliphatic rings. The molecule has 0 radical (unpaired) electrons. The summed E-state index contributed by atoms with van der Waals surface area (Å²) < 4.78 is 66.3. The highest BCUT2D eigenvalue weighted by Gasteiger charge is 2.43. The number of hydrogen-bond donors (Lipinski definition) is 3. The average molecular weight is 628 g/mol. The van der Waals surface area contributed by atoms with Crippen molar-refractivity contribution in [2.45, 2.75) is 51.1 Å². The van der Waals surface area contributed by atoms with Crippen molar-refractivity contribution in [1.82, 2.24) is 20.3 Å². The fourth-order valence-corrected chi connectivity index (χ4v) is 4.23. The first-order chi connectivity index (χ1) is 21.1. The van der Waals surface area contributed by atoms with Gasteiger partial charge in [0.15, 0.2) is 0 Å². The Morgan fingerprint density at radius 1 is 0.933 bits per heavy atom. The number of carboxylic acid groups (broad SMARTS) is 1. The molecule has 10 nitrogen and oxygen atoms in total. The fourth-order valence-electron chi connectivity index (χ4n) is 4.23. The smallest absolute Gasteiger partial charge is 0.429 e. The number of ether oxygens (including phenoxy) is 2. The number of alkyl carbamates (subject to hydrolysis) is 1. The highest BCUT2D eigenvalue weighted by atomic mass is 19.4. The van der Waals surface area contributed by atoms with Crippen LogP contribution in [0, 0.1) is 5.95 Å². The Morgan fingerprint density at radius 2 is 1.58 bits per heavy atom. The quantitative estimate of drug-likeness (QED) is 0.147. The molecule has 0 aliphatic carbocycles. The van der Waals surface area contributed by atoms with Crippen LogP contribution in [-0.2, 0) is 16.0 Å². The molecule has 0 spiro atoms. The van der Waals surface area contributed by atoms with E-state index in [4.69, 9.17) is 15.2 Å². The number of alkyl halides is 3. The fraction of sp³-hybridized carbons (Fsp3) is 0.258. The molecular weight excluding hydrogens is 598 g/mol. The molecule has 0 unspecified atom stereocenters. The summed E-state index contributed by atoms with van der Waals surface area (Å²) in [6.45, 7) is 4.94. The number of anilines is 1. The third kappa shape index (κ3) is 9.11. The van der Waals surface area contributed by atoms with Crippen molar-refractivity contribution in [2.24, 2.45) is 0 Å². The van der Waals surface area contributed by atoms with Gasteiger partial charge in [0, 0.05) is 35.9 Å². The van der Waals surface area contributed by atoms with Gasteiger partial charge in [-0.3, -0.25) is 0 Å². The summed E-state index contributed by atoms with van der Waals surface area (Å²) in [6.07, 6.45) is -6.94. The number of carbonyl (C=O) groups is 2. The zero-order chi connectivity index (χ0) is 32.9. The SMILES string of the molecule is CC(C)(C)OC(=O)N[C@@H](Cc1ccc(-c2cc(O[C@@H](c3ccc(-c4ccnc(F)c4)cc3)C(F)(F)F)nc(N)n2)cc1)C(=O)O. The Bertz CT molecular complexity index is 1660. The Labute approximate surface area is 255 Å². The topological polar surface area (TPSA) is 150 Å². The molecule has 236 valence electrons. The number of pyridine rings is 1. The molecule has 45 heavy (non-hydrogen) atoms. The molecule has 14 heteroatoms. The van der Waals surface area contributed by atoms with Crippen LogP contribution in [-0.4, -0.2) is 49.9 Å². The zero-order valence-corrected chi connectivity index (χ0v) is 24.3. The molecule has 2 heterocycles. The predicted molar refractivity (Wildman–Crippen MR) is 155 cm³/mol. The van der Waals surface area contributed by atoms with Gasteiger partial charge in [-0.1, -0.05) is 48.5 Å². The normalized spacial score (nSPS) is 13.0. The van der Waals surface area contributed by atoms with E-state index in [-0.39, 0.29) is 23.6 Å². The van der Waals surface area contributed by atoms with E-state index in [1.165, 1.54) is 42.6 Å². The maximum atomic E-state index is 14.1. The lowest BCUT2D eigenvalue weighted by Gasteiger charge is -2.22. The lowest BCUT2D eigenvalue weighted by Crippen LogP contribution is -2.44. The first-order valence-corrected chi connectivity index (χ1v) is 13.5. The number of hydrogen-bond acceptors (Lipinski definition) is 8. The van der Waals surface area contributed by atoms with E-state index < -0.39 is 47.8 Å². The molecule has 1 amide bonds. The van der Waals surface area contributed by atoms with Crippen LogP contribution in [0.3, 0.4) is 0 Å². The van der Waals surface area contributed by atoms with E-state index in [2.05, 4.69) is 20.3 Å². The number of aromatic nitrogens is 3. The van der Waals surface area contributed by atoms with Crippen molar-refractivity contribution in [2.75, 3.05) is 5.73 Å². The summed E-state index contributed by atoms with van der Waals surface area (Å²) >= 11 is 0. The van der Waals surface area contributed by atoms with Gasteiger partial charge in [0.2, 0.25) is 23.9 Å². The van der Waals surface area contributed by atoms with E-state index in [9.17, 15) is 32.3 Å². The molecule has 0 saturated carbocycles. The number of nitrogens with one attached hydrogen (secondary N) is 1. The molecule has 2 atom stereocenters. The number of nitrogens with zero attached hydrogens (tertiary/aromatic N) is 3. The highest BCUT2D eigenvalue weighted by molar-refractivity contribution is 5.80. The summed E-state index contributed by atoms with van der Waals surface area (Å²) in [4.78, 5) is 35.2. The van der Waals surface area contributed by atoms with Crippen LogP contribution < -0.4 is 15.8 Å². The summed E-state index contributed by atoms with van der Waals surface area (Å²) in [5.41, 5.74) is 6.80. The number of benzene rings is 2. The number of carboxylic acids is 1. The lowest BCUT2D eigenvalue weighted by molar-refractivity contribution is -0.198. The Balaban J connectivity index is 1.52. The Hall–Kier alpha value is -5.27. The van der Waals surface area contributed by atoms with Gasteiger partial charge in [0.05, 0.1) is 5.69 Å². The summed E-state index contributed by atoms with van der Waals surface area (Å²) in [7, 11) is 0. The van der Waals surface area contributed by atoms with Gasteiger partial charge in [-0.15, -0.1) is 0 Å². The molecule has 4 rings (SSSR count). The van der Waals surface area contributed by atoms with Crippen LogP contribution >= 0.6 is 0 Å². The third-order valence-corrected chi connectivity index (χ3v) is 6.21. The monoisotopic (exact) mass is 627 g/mol. The molecule has 0 aliphatic heterocycles. The van der Waals surface area contributed by atoms with Crippen LogP contribution in [0.5, 0.6) is 5.88 Å². The third-order valence-electron chi connectivity index (χ3n) is 6.21. The Morgan fingerprint density at radius 3 is 2.16 bits per heavy atom. The number of aliphatic carboxylic acids is 1. The second-order valence-electron chi connectivity index (χ2n) is 10.9. The minimum Gasteiger partial charge on any atom is -0.480 e. The van der Waals surface area contributed by atoms with E-state index in [1.807, 2.05) is 0 Å². The second kappa shape index (κ2) is 13.2. The number of rotatable bonds is 9. The molecular formula is C31H29F4N5O5. The van der Waals surface area contributed by atoms with Crippen LogP contribution in [0.2, 0.25) is 0 Å². The van der Waals surface area contributed by atoms with Crippen molar-refractivity contribution < 1.29 is 41.7 Å². The van der Waals surface area contributed by atoms with E-state index in [1.54, 1.807) is 45.0 Å². The first kappa shape index (κ1) is 32.6. The summed E-state index contributed by atoms with van der Waals surface area (Å²) in [5, 5.41) is 11.9. The molecule has 0 bridgehead atoms.